The molecule has 0 saturated carbocycles. The van der Waals surface area contributed by atoms with Gasteiger partial charge in [-0.15, -0.1) is 0 Å². The van der Waals surface area contributed by atoms with Crippen molar-refractivity contribution in [1.29, 1.82) is 0 Å². The maximum atomic E-state index is 14.0. The van der Waals surface area contributed by atoms with Crippen molar-refractivity contribution in [2.45, 2.75) is 33.1 Å². The van der Waals surface area contributed by atoms with Gasteiger partial charge in [0.25, 0.3) is 5.56 Å². The van der Waals surface area contributed by atoms with Crippen molar-refractivity contribution in [3.8, 4) is 0 Å². The molecule has 2 aromatic rings. The Labute approximate surface area is 134 Å². The van der Waals surface area contributed by atoms with Crippen LogP contribution in [0.3, 0.4) is 0 Å². The first-order valence-electron chi connectivity index (χ1n) is 7.62. The van der Waals surface area contributed by atoms with Crippen LogP contribution in [0, 0.1) is 18.6 Å². The average molecular weight is 321 g/mol. The van der Waals surface area contributed by atoms with Crippen LogP contribution < -0.4 is 10.5 Å². The van der Waals surface area contributed by atoms with Crippen LogP contribution in [0.25, 0.3) is 0 Å². The van der Waals surface area contributed by atoms with Gasteiger partial charge in [-0.1, -0.05) is 19.9 Å². The number of hydrogen-bond donors (Lipinski definition) is 1. The summed E-state index contributed by atoms with van der Waals surface area (Å²) in [6, 6.07) is 3.74. The van der Waals surface area contributed by atoms with Crippen molar-refractivity contribution in [2.24, 2.45) is 0 Å². The molecule has 6 heteroatoms. The SMILES string of the molecule is CCCN(C)c1nc([C@@H](C)c2c(F)cccc2F)c(C)c(=O)[nH]1. The van der Waals surface area contributed by atoms with Crippen LogP contribution in [0.15, 0.2) is 23.0 Å². The zero-order valence-electron chi connectivity index (χ0n) is 13.8. The number of aromatic amines is 1. The summed E-state index contributed by atoms with van der Waals surface area (Å²) >= 11 is 0. The molecule has 0 amide bonds. The van der Waals surface area contributed by atoms with Crippen molar-refractivity contribution in [2.75, 3.05) is 18.5 Å². The zero-order chi connectivity index (χ0) is 17.1. The van der Waals surface area contributed by atoms with E-state index >= 15 is 0 Å². The van der Waals surface area contributed by atoms with Crippen molar-refractivity contribution >= 4 is 5.95 Å². The number of benzene rings is 1. The van der Waals surface area contributed by atoms with Gasteiger partial charge < -0.3 is 4.90 Å². The highest BCUT2D eigenvalue weighted by atomic mass is 19.1. The van der Waals surface area contributed by atoms with E-state index in [0.29, 0.717) is 23.8 Å². The van der Waals surface area contributed by atoms with Gasteiger partial charge in [0.05, 0.1) is 5.69 Å². The smallest absolute Gasteiger partial charge is 0.255 e. The summed E-state index contributed by atoms with van der Waals surface area (Å²) in [6.45, 7) is 5.99. The molecule has 0 bridgehead atoms. The summed E-state index contributed by atoms with van der Waals surface area (Å²) in [5.74, 6) is -1.53. The minimum atomic E-state index is -0.660. The van der Waals surface area contributed by atoms with Gasteiger partial charge in [-0.05, 0) is 25.5 Å². The number of rotatable bonds is 5. The van der Waals surface area contributed by atoms with Gasteiger partial charge in [0.1, 0.15) is 11.6 Å². The molecule has 4 nitrogen and oxygen atoms in total. The molecule has 1 atom stereocenters. The van der Waals surface area contributed by atoms with Crippen LogP contribution in [-0.2, 0) is 0 Å². The first-order chi connectivity index (χ1) is 10.9. The fraction of sp³-hybridized carbons (Fsp3) is 0.412. The number of nitrogens with zero attached hydrogens (tertiary/aromatic N) is 2. The Morgan fingerprint density at radius 2 is 1.91 bits per heavy atom. The molecular weight excluding hydrogens is 300 g/mol. The topological polar surface area (TPSA) is 49.0 Å². The Morgan fingerprint density at radius 1 is 1.30 bits per heavy atom. The molecule has 1 heterocycles. The highest BCUT2D eigenvalue weighted by Crippen LogP contribution is 2.29. The van der Waals surface area contributed by atoms with E-state index in [1.807, 2.05) is 18.9 Å². The third-order valence-corrected chi connectivity index (χ3v) is 3.94. The number of aromatic nitrogens is 2. The van der Waals surface area contributed by atoms with E-state index in [2.05, 4.69) is 9.97 Å². The largest absolute Gasteiger partial charge is 0.345 e. The van der Waals surface area contributed by atoms with E-state index in [1.54, 1.807) is 13.8 Å². The summed E-state index contributed by atoms with van der Waals surface area (Å²) in [4.78, 5) is 21.1. The molecule has 0 saturated heterocycles. The molecule has 0 aliphatic carbocycles. The quantitative estimate of drug-likeness (QED) is 0.919. The Balaban J connectivity index is 2.56. The van der Waals surface area contributed by atoms with E-state index in [9.17, 15) is 13.6 Å². The van der Waals surface area contributed by atoms with Crippen LogP contribution >= 0.6 is 0 Å². The summed E-state index contributed by atoms with van der Waals surface area (Å²) in [5, 5.41) is 0. The van der Waals surface area contributed by atoms with Crippen LogP contribution in [0.5, 0.6) is 0 Å². The number of anilines is 1. The van der Waals surface area contributed by atoms with E-state index < -0.39 is 17.6 Å². The maximum Gasteiger partial charge on any atom is 0.255 e. The van der Waals surface area contributed by atoms with Gasteiger partial charge in [-0.3, -0.25) is 9.78 Å². The fourth-order valence-electron chi connectivity index (χ4n) is 2.64. The van der Waals surface area contributed by atoms with Crippen molar-refractivity contribution < 1.29 is 8.78 Å². The third kappa shape index (κ3) is 3.41. The molecule has 0 fully saturated rings. The molecule has 1 aromatic heterocycles. The van der Waals surface area contributed by atoms with Crippen LogP contribution in [0.2, 0.25) is 0 Å². The first kappa shape index (κ1) is 17.1. The van der Waals surface area contributed by atoms with E-state index in [-0.39, 0.29) is 11.1 Å². The number of hydrogen-bond acceptors (Lipinski definition) is 3. The van der Waals surface area contributed by atoms with Crippen molar-refractivity contribution in [1.82, 2.24) is 9.97 Å². The minimum Gasteiger partial charge on any atom is -0.345 e. The van der Waals surface area contributed by atoms with Gasteiger partial charge in [-0.25, -0.2) is 13.8 Å². The van der Waals surface area contributed by atoms with Gasteiger partial charge >= 0.3 is 0 Å². The lowest BCUT2D eigenvalue weighted by atomic mass is 9.94. The second kappa shape index (κ2) is 6.89. The van der Waals surface area contributed by atoms with Crippen molar-refractivity contribution in [3.05, 3.63) is 57.0 Å². The Morgan fingerprint density at radius 3 is 2.48 bits per heavy atom. The van der Waals surface area contributed by atoms with Gasteiger partial charge in [0.2, 0.25) is 5.95 Å². The number of halogens is 2. The van der Waals surface area contributed by atoms with Crippen LogP contribution in [-0.4, -0.2) is 23.6 Å². The second-order valence-electron chi connectivity index (χ2n) is 5.68. The molecule has 1 N–H and O–H groups in total. The summed E-state index contributed by atoms with van der Waals surface area (Å²) < 4.78 is 28.1. The fourth-order valence-corrected chi connectivity index (χ4v) is 2.64. The lowest BCUT2D eigenvalue weighted by Crippen LogP contribution is -2.27. The average Bonchev–Trinajstić information content (AvgIpc) is 2.49. The van der Waals surface area contributed by atoms with Crippen LogP contribution in [0.4, 0.5) is 14.7 Å². The highest BCUT2D eigenvalue weighted by Gasteiger charge is 2.22. The normalized spacial score (nSPS) is 12.3. The molecule has 1 aromatic carbocycles. The first-order valence-corrected chi connectivity index (χ1v) is 7.62. The van der Waals surface area contributed by atoms with Crippen LogP contribution in [0.1, 0.15) is 43.0 Å². The summed E-state index contributed by atoms with van der Waals surface area (Å²) in [7, 11) is 1.81. The lowest BCUT2D eigenvalue weighted by molar-refractivity contribution is 0.544. The van der Waals surface area contributed by atoms with E-state index in [1.165, 1.54) is 18.2 Å². The Bertz CT molecular complexity index is 738. The van der Waals surface area contributed by atoms with Gasteiger partial charge in [0.15, 0.2) is 0 Å². The number of H-pyrrole nitrogens is 1. The zero-order valence-corrected chi connectivity index (χ0v) is 13.8. The molecule has 124 valence electrons. The molecule has 0 aliphatic rings. The third-order valence-electron chi connectivity index (χ3n) is 3.94. The predicted molar refractivity (Wildman–Crippen MR) is 87.0 cm³/mol. The number of nitrogens with one attached hydrogen (secondary N) is 1. The molecule has 0 aliphatic heterocycles. The maximum absolute atomic E-state index is 14.0. The minimum absolute atomic E-state index is 0.0715. The predicted octanol–water partition coefficient (Wildman–Crippen LogP) is 3.35. The second-order valence-corrected chi connectivity index (χ2v) is 5.68. The lowest BCUT2D eigenvalue weighted by Gasteiger charge is -2.20. The molecule has 2 rings (SSSR count). The standard InChI is InChI=1S/C17H21F2N3O/c1-5-9-22(4)17-20-15(11(3)16(23)21-17)10(2)14-12(18)7-6-8-13(14)19/h6-8,10H,5,9H2,1-4H3,(H,20,21,23)/t10-/m0/s1. The molecule has 0 spiro atoms. The molecule has 0 radical (unpaired) electrons. The summed E-state index contributed by atoms with van der Waals surface area (Å²) in [5.41, 5.74) is 0.388. The molecular formula is C17H21F2N3O. The summed E-state index contributed by atoms with van der Waals surface area (Å²) in [6.07, 6.45) is 0.890. The highest BCUT2D eigenvalue weighted by molar-refractivity contribution is 5.38. The molecule has 23 heavy (non-hydrogen) atoms. The Kier molecular flexibility index (Phi) is 5.13. The van der Waals surface area contributed by atoms with Crippen molar-refractivity contribution in [3.63, 3.8) is 0 Å². The van der Waals surface area contributed by atoms with Gasteiger partial charge in [0, 0.05) is 30.6 Å². The Hall–Kier alpha value is -2.24. The van der Waals surface area contributed by atoms with Gasteiger partial charge in [-0.2, -0.15) is 0 Å². The van der Waals surface area contributed by atoms with E-state index in [0.717, 1.165) is 6.42 Å². The monoisotopic (exact) mass is 321 g/mol. The molecule has 0 unspecified atom stereocenters. The van der Waals surface area contributed by atoms with E-state index in [4.69, 9.17) is 0 Å².